The highest BCUT2D eigenvalue weighted by Gasteiger charge is 2.13. The zero-order chi connectivity index (χ0) is 13.0. The Bertz CT molecular complexity index is 404. The molecule has 0 saturated carbocycles. The molecule has 0 aliphatic heterocycles. The van der Waals surface area contributed by atoms with Crippen LogP contribution < -0.4 is 11.1 Å². The smallest absolute Gasteiger partial charge is 0.225 e. The molecule has 0 saturated heterocycles. The van der Waals surface area contributed by atoms with Crippen LogP contribution in [0.1, 0.15) is 25.8 Å². The molecule has 1 aromatic rings. The van der Waals surface area contributed by atoms with Crippen LogP contribution in [0.5, 0.6) is 0 Å². The van der Waals surface area contributed by atoms with Crippen molar-refractivity contribution in [2.24, 2.45) is 11.7 Å². The van der Waals surface area contributed by atoms with E-state index in [1.165, 1.54) is 0 Å². The number of halogens is 1. The summed E-state index contributed by atoms with van der Waals surface area (Å²) in [4.78, 5) is 11.8. The standard InChI is InChI=1S/C13H19BrN2O/c1-8(2)11(15)7-13(17)16-12-5-4-9(3)6-10(12)14/h4-6,8,11H,7,15H2,1-3H3,(H,16,17). The SMILES string of the molecule is Cc1ccc(NC(=O)CC(N)C(C)C)c(Br)c1. The Morgan fingerprint density at radius 1 is 1.47 bits per heavy atom. The van der Waals surface area contributed by atoms with E-state index >= 15 is 0 Å². The zero-order valence-corrected chi connectivity index (χ0v) is 12.0. The fourth-order valence-corrected chi connectivity index (χ4v) is 1.96. The summed E-state index contributed by atoms with van der Waals surface area (Å²) in [6.45, 7) is 6.03. The summed E-state index contributed by atoms with van der Waals surface area (Å²) in [6, 6.07) is 5.72. The predicted molar refractivity (Wildman–Crippen MR) is 74.9 cm³/mol. The molecule has 0 aromatic heterocycles. The van der Waals surface area contributed by atoms with Gasteiger partial charge >= 0.3 is 0 Å². The van der Waals surface area contributed by atoms with Gasteiger partial charge in [0.1, 0.15) is 0 Å². The maximum Gasteiger partial charge on any atom is 0.225 e. The molecule has 0 aliphatic carbocycles. The molecule has 3 N–H and O–H groups in total. The summed E-state index contributed by atoms with van der Waals surface area (Å²) in [7, 11) is 0. The molecule has 17 heavy (non-hydrogen) atoms. The van der Waals surface area contributed by atoms with Gasteiger partial charge in [0.05, 0.1) is 5.69 Å². The molecule has 1 aromatic carbocycles. The highest BCUT2D eigenvalue weighted by Crippen LogP contribution is 2.23. The lowest BCUT2D eigenvalue weighted by molar-refractivity contribution is -0.116. The van der Waals surface area contributed by atoms with Gasteiger partial charge in [0.2, 0.25) is 5.91 Å². The second-order valence-corrected chi connectivity index (χ2v) is 5.50. The van der Waals surface area contributed by atoms with E-state index < -0.39 is 0 Å². The van der Waals surface area contributed by atoms with Crippen molar-refractivity contribution in [2.75, 3.05) is 5.32 Å². The van der Waals surface area contributed by atoms with Gasteiger partial charge in [0.25, 0.3) is 0 Å². The van der Waals surface area contributed by atoms with Crippen LogP contribution in [-0.4, -0.2) is 11.9 Å². The van der Waals surface area contributed by atoms with Crippen LogP contribution >= 0.6 is 15.9 Å². The molecule has 0 spiro atoms. The average Bonchev–Trinajstić information content (AvgIpc) is 2.22. The summed E-state index contributed by atoms with van der Waals surface area (Å²) < 4.78 is 0.893. The molecule has 1 amide bonds. The van der Waals surface area contributed by atoms with Gasteiger partial charge in [-0.2, -0.15) is 0 Å². The summed E-state index contributed by atoms with van der Waals surface area (Å²) >= 11 is 3.42. The first kappa shape index (κ1) is 14.2. The molecule has 94 valence electrons. The Labute approximate surface area is 111 Å². The molecule has 0 fully saturated rings. The van der Waals surface area contributed by atoms with Crippen LogP contribution in [0.2, 0.25) is 0 Å². The number of benzene rings is 1. The molecule has 0 aliphatic rings. The van der Waals surface area contributed by atoms with Crippen LogP contribution in [0.15, 0.2) is 22.7 Å². The molecule has 1 atom stereocenters. The maximum atomic E-state index is 11.8. The lowest BCUT2D eigenvalue weighted by Crippen LogP contribution is -2.31. The number of anilines is 1. The van der Waals surface area contributed by atoms with Crippen LogP contribution in [0, 0.1) is 12.8 Å². The minimum atomic E-state index is -0.0979. The van der Waals surface area contributed by atoms with Gasteiger partial charge in [0, 0.05) is 16.9 Å². The van der Waals surface area contributed by atoms with Crippen molar-refractivity contribution in [1.82, 2.24) is 0 Å². The van der Waals surface area contributed by atoms with Crippen LogP contribution in [0.3, 0.4) is 0 Å². The van der Waals surface area contributed by atoms with E-state index in [-0.39, 0.29) is 11.9 Å². The molecule has 3 nitrogen and oxygen atoms in total. The van der Waals surface area contributed by atoms with Crippen LogP contribution in [-0.2, 0) is 4.79 Å². The van der Waals surface area contributed by atoms with Crippen molar-refractivity contribution in [3.05, 3.63) is 28.2 Å². The number of carbonyl (C=O) groups is 1. The lowest BCUT2D eigenvalue weighted by Gasteiger charge is -2.15. The zero-order valence-electron chi connectivity index (χ0n) is 10.5. The predicted octanol–water partition coefficient (Wildman–Crippen LogP) is 3.07. The number of hydrogen-bond acceptors (Lipinski definition) is 2. The maximum absolute atomic E-state index is 11.8. The Hall–Kier alpha value is -0.870. The molecule has 4 heteroatoms. The van der Waals surface area contributed by atoms with Crippen molar-refractivity contribution in [2.45, 2.75) is 33.2 Å². The summed E-state index contributed by atoms with van der Waals surface area (Å²) in [5, 5.41) is 2.86. The summed E-state index contributed by atoms with van der Waals surface area (Å²) in [5.41, 5.74) is 7.80. The third kappa shape index (κ3) is 4.48. The normalized spacial score (nSPS) is 12.6. The van der Waals surface area contributed by atoms with E-state index in [0.717, 1.165) is 15.7 Å². The van der Waals surface area contributed by atoms with Gasteiger partial charge < -0.3 is 11.1 Å². The van der Waals surface area contributed by atoms with Gasteiger partial charge in [-0.05, 0) is 46.5 Å². The highest BCUT2D eigenvalue weighted by atomic mass is 79.9. The van der Waals surface area contributed by atoms with E-state index in [1.807, 2.05) is 39.0 Å². The Morgan fingerprint density at radius 2 is 2.12 bits per heavy atom. The van der Waals surface area contributed by atoms with E-state index in [1.54, 1.807) is 0 Å². The number of rotatable bonds is 4. The van der Waals surface area contributed by atoms with E-state index in [2.05, 4.69) is 21.2 Å². The van der Waals surface area contributed by atoms with Gasteiger partial charge in [-0.3, -0.25) is 4.79 Å². The van der Waals surface area contributed by atoms with E-state index in [0.29, 0.717) is 12.3 Å². The Balaban J connectivity index is 2.62. The molecule has 0 radical (unpaired) electrons. The number of carbonyl (C=O) groups excluding carboxylic acids is 1. The largest absolute Gasteiger partial charge is 0.327 e. The Morgan fingerprint density at radius 3 is 2.65 bits per heavy atom. The third-order valence-corrected chi connectivity index (χ3v) is 3.33. The van der Waals surface area contributed by atoms with Crippen LogP contribution in [0.4, 0.5) is 5.69 Å². The highest BCUT2D eigenvalue weighted by molar-refractivity contribution is 9.10. The quantitative estimate of drug-likeness (QED) is 0.897. The van der Waals surface area contributed by atoms with Gasteiger partial charge in [-0.15, -0.1) is 0 Å². The first-order valence-electron chi connectivity index (χ1n) is 5.71. The second kappa shape index (κ2) is 6.17. The van der Waals surface area contributed by atoms with Crippen molar-refractivity contribution >= 4 is 27.5 Å². The first-order chi connectivity index (χ1) is 7.90. The van der Waals surface area contributed by atoms with Gasteiger partial charge in [0.15, 0.2) is 0 Å². The van der Waals surface area contributed by atoms with E-state index in [9.17, 15) is 4.79 Å². The fraction of sp³-hybridized carbons (Fsp3) is 0.462. The average molecular weight is 299 g/mol. The number of nitrogens with two attached hydrogens (primary N) is 1. The summed E-state index contributed by atoms with van der Waals surface area (Å²) in [5.74, 6) is 0.262. The van der Waals surface area contributed by atoms with Crippen LogP contribution in [0.25, 0.3) is 0 Å². The minimum Gasteiger partial charge on any atom is -0.327 e. The van der Waals surface area contributed by atoms with Crippen molar-refractivity contribution in [3.8, 4) is 0 Å². The second-order valence-electron chi connectivity index (χ2n) is 4.64. The molecule has 1 rings (SSSR count). The number of hydrogen-bond donors (Lipinski definition) is 2. The molecule has 0 bridgehead atoms. The third-order valence-electron chi connectivity index (χ3n) is 2.68. The molecular weight excluding hydrogens is 280 g/mol. The number of nitrogens with one attached hydrogen (secondary N) is 1. The van der Waals surface area contributed by atoms with E-state index in [4.69, 9.17) is 5.73 Å². The van der Waals surface area contributed by atoms with Crippen molar-refractivity contribution in [1.29, 1.82) is 0 Å². The Kier molecular flexibility index (Phi) is 5.15. The minimum absolute atomic E-state index is 0.0456. The molecule has 0 heterocycles. The number of aryl methyl sites for hydroxylation is 1. The summed E-state index contributed by atoms with van der Waals surface area (Å²) in [6.07, 6.45) is 0.345. The fourth-order valence-electron chi connectivity index (χ4n) is 1.37. The molecule has 1 unspecified atom stereocenters. The first-order valence-corrected chi connectivity index (χ1v) is 6.51. The topological polar surface area (TPSA) is 55.1 Å². The monoisotopic (exact) mass is 298 g/mol. The lowest BCUT2D eigenvalue weighted by atomic mass is 10.0. The van der Waals surface area contributed by atoms with Gasteiger partial charge in [-0.1, -0.05) is 19.9 Å². The van der Waals surface area contributed by atoms with Crippen molar-refractivity contribution < 1.29 is 4.79 Å². The van der Waals surface area contributed by atoms with Gasteiger partial charge in [-0.25, -0.2) is 0 Å². The number of amides is 1. The molecular formula is C13H19BrN2O. The van der Waals surface area contributed by atoms with Crippen molar-refractivity contribution in [3.63, 3.8) is 0 Å².